The fraction of sp³-hybridized carbons (Fsp3) is 0.385. The summed E-state index contributed by atoms with van der Waals surface area (Å²) in [6, 6.07) is 4.94. The summed E-state index contributed by atoms with van der Waals surface area (Å²) in [7, 11) is 0. The first kappa shape index (κ1) is 11.0. The molecule has 0 bridgehead atoms. The third-order valence-corrected chi connectivity index (χ3v) is 2.97. The Balaban J connectivity index is 2.32. The van der Waals surface area contributed by atoms with Gasteiger partial charge in [-0.05, 0) is 30.9 Å². The monoisotopic (exact) mass is 219 g/mol. The van der Waals surface area contributed by atoms with Gasteiger partial charge in [-0.1, -0.05) is 17.7 Å². The number of Topliss-reactive ketones (excluding diaryl/α,β-unsaturated/α-hetero) is 1. The van der Waals surface area contributed by atoms with E-state index in [1.54, 1.807) is 12.1 Å². The van der Waals surface area contributed by atoms with E-state index in [0.29, 0.717) is 24.1 Å². The largest absolute Gasteiger partial charge is 0.309 e. The summed E-state index contributed by atoms with van der Waals surface area (Å²) >= 11 is 0. The Kier molecular flexibility index (Phi) is 2.86. The Labute approximate surface area is 94.0 Å². The second-order valence-electron chi connectivity index (χ2n) is 4.45. The fourth-order valence-electron chi connectivity index (χ4n) is 2.22. The smallest absolute Gasteiger partial charge is 0.139 e. The normalized spacial score (nSPS) is 21.2. The van der Waals surface area contributed by atoms with Gasteiger partial charge in [0.1, 0.15) is 11.6 Å². The summed E-state index contributed by atoms with van der Waals surface area (Å²) in [4.78, 5) is 11.4. The molecule has 1 N–H and O–H groups in total. The molecular weight excluding hydrogens is 205 g/mol. The molecule has 1 unspecified atom stereocenters. The van der Waals surface area contributed by atoms with E-state index in [-0.39, 0.29) is 23.9 Å². The van der Waals surface area contributed by atoms with Crippen LogP contribution in [0.5, 0.6) is 0 Å². The molecule has 0 aromatic heterocycles. The van der Waals surface area contributed by atoms with Gasteiger partial charge in [-0.15, -0.1) is 0 Å². The molecule has 0 saturated heterocycles. The predicted octanol–water partition coefficient (Wildman–Crippen LogP) is 2.99. The number of carbonyl (C=O) groups excluding carboxylic acids is 1. The van der Waals surface area contributed by atoms with Gasteiger partial charge in [0.2, 0.25) is 0 Å². The van der Waals surface area contributed by atoms with Gasteiger partial charge in [0.05, 0.1) is 0 Å². The molecule has 84 valence electrons. The van der Waals surface area contributed by atoms with Crippen LogP contribution in [0.1, 0.15) is 36.3 Å². The Bertz CT molecular complexity index is 437. The quantitative estimate of drug-likeness (QED) is 0.775. The molecule has 1 aliphatic rings. The second-order valence-corrected chi connectivity index (χ2v) is 4.45. The molecule has 1 saturated carbocycles. The van der Waals surface area contributed by atoms with E-state index in [0.717, 1.165) is 5.56 Å². The summed E-state index contributed by atoms with van der Waals surface area (Å²) in [5, 5.41) is 7.58. The van der Waals surface area contributed by atoms with E-state index in [2.05, 4.69) is 0 Å². The highest BCUT2D eigenvalue weighted by atomic mass is 19.1. The van der Waals surface area contributed by atoms with Crippen LogP contribution in [0, 0.1) is 18.2 Å². The molecule has 0 heterocycles. The lowest BCUT2D eigenvalue weighted by Gasteiger charge is -2.22. The number of hydrogen-bond acceptors (Lipinski definition) is 2. The van der Waals surface area contributed by atoms with Crippen molar-refractivity contribution in [1.82, 2.24) is 0 Å². The summed E-state index contributed by atoms with van der Waals surface area (Å²) < 4.78 is 13.6. The summed E-state index contributed by atoms with van der Waals surface area (Å²) in [5.74, 6) is -0.367. The van der Waals surface area contributed by atoms with Crippen molar-refractivity contribution in [1.29, 1.82) is 5.41 Å². The first-order valence-electron chi connectivity index (χ1n) is 5.40. The molecule has 16 heavy (non-hydrogen) atoms. The van der Waals surface area contributed by atoms with Crippen molar-refractivity contribution in [2.24, 2.45) is 0 Å². The highest BCUT2D eigenvalue weighted by Gasteiger charge is 2.26. The summed E-state index contributed by atoms with van der Waals surface area (Å²) in [6.45, 7) is 1.90. The predicted molar refractivity (Wildman–Crippen MR) is 60.5 cm³/mol. The maximum Gasteiger partial charge on any atom is 0.139 e. The van der Waals surface area contributed by atoms with Crippen molar-refractivity contribution in [2.45, 2.75) is 32.1 Å². The number of hydrogen-bond donors (Lipinski definition) is 1. The SMILES string of the molecule is Cc1ccc(F)c(C2CC(=N)CC(=O)C2)c1. The van der Waals surface area contributed by atoms with E-state index in [1.165, 1.54) is 6.07 Å². The van der Waals surface area contributed by atoms with Gasteiger partial charge < -0.3 is 5.41 Å². The van der Waals surface area contributed by atoms with Crippen LogP contribution in [0.4, 0.5) is 4.39 Å². The third kappa shape index (κ3) is 2.18. The van der Waals surface area contributed by atoms with Gasteiger partial charge in [0.25, 0.3) is 0 Å². The molecule has 0 aliphatic heterocycles. The number of carbonyl (C=O) groups is 1. The molecule has 3 heteroatoms. The zero-order chi connectivity index (χ0) is 11.7. The van der Waals surface area contributed by atoms with Crippen LogP contribution < -0.4 is 0 Å². The number of ketones is 1. The molecule has 0 amide bonds. The minimum atomic E-state index is -0.266. The number of rotatable bonds is 1. The maximum absolute atomic E-state index is 13.6. The Morgan fingerprint density at radius 1 is 1.38 bits per heavy atom. The van der Waals surface area contributed by atoms with Crippen LogP contribution in [0.15, 0.2) is 18.2 Å². The first-order chi connectivity index (χ1) is 7.56. The van der Waals surface area contributed by atoms with Crippen molar-refractivity contribution in [3.8, 4) is 0 Å². The van der Waals surface area contributed by atoms with Crippen LogP contribution in [-0.4, -0.2) is 11.5 Å². The van der Waals surface area contributed by atoms with E-state index in [9.17, 15) is 9.18 Å². The zero-order valence-corrected chi connectivity index (χ0v) is 9.22. The van der Waals surface area contributed by atoms with Crippen molar-refractivity contribution >= 4 is 11.5 Å². The van der Waals surface area contributed by atoms with E-state index in [4.69, 9.17) is 5.41 Å². The zero-order valence-electron chi connectivity index (χ0n) is 9.22. The van der Waals surface area contributed by atoms with Gasteiger partial charge in [-0.2, -0.15) is 0 Å². The summed E-state index contributed by atoms with van der Waals surface area (Å²) in [5.41, 5.74) is 1.99. The van der Waals surface area contributed by atoms with Crippen LogP contribution >= 0.6 is 0 Å². The molecule has 1 aromatic carbocycles. The minimum Gasteiger partial charge on any atom is -0.309 e. The van der Waals surface area contributed by atoms with Crippen molar-refractivity contribution in [3.63, 3.8) is 0 Å². The van der Waals surface area contributed by atoms with Gasteiger partial charge in [-0.3, -0.25) is 4.79 Å². The van der Waals surface area contributed by atoms with E-state index < -0.39 is 0 Å². The molecular formula is C13H14FNO. The van der Waals surface area contributed by atoms with Crippen molar-refractivity contribution < 1.29 is 9.18 Å². The Morgan fingerprint density at radius 2 is 2.12 bits per heavy atom. The molecule has 1 aliphatic carbocycles. The van der Waals surface area contributed by atoms with Gasteiger partial charge in [-0.25, -0.2) is 4.39 Å². The van der Waals surface area contributed by atoms with Gasteiger partial charge in [0, 0.05) is 18.6 Å². The minimum absolute atomic E-state index is 0.0437. The van der Waals surface area contributed by atoms with Crippen LogP contribution in [0.2, 0.25) is 0 Å². The number of halogens is 1. The molecule has 1 fully saturated rings. The molecule has 1 atom stereocenters. The standard InChI is InChI=1S/C13H14FNO/c1-8-2-3-13(14)12(4-8)9-5-10(15)7-11(16)6-9/h2-4,9,15H,5-7H2,1H3. The highest BCUT2D eigenvalue weighted by molar-refractivity contribution is 6.03. The Hall–Kier alpha value is -1.51. The molecule has 2 rings (SSSR count). The fourth-order valence-corrected chi connectivity index (χ4v) is 2.22. The highest BCUT2D eigenvalue weighted by Crippen LogP contribution is 2.31. The van der Waals surface area contributed by atoms with E-state index >= 15 is 0 Å². The van der Waals surface area contributed by atoms with Crippen LogP contribution in [-0.2, 0) is 4.79 Å². The van der Waals surface area contributed by atoms with Gasteiger partial charge in [0.15, 0.2) is 0 Å². The lowest BCUT2D eigenvalue weighted by atomic mass is 9.81. The molecule has 0 spiro atoms. The Morgan fingerprint density at radius 3 is 2.81 bits per heavy atom. The van der Waals surface area contributed by atoms with Crippen LogP contribution in [0.3, 0.4) is 0 Å². The number of benzene rings is 1. The lowest BCUT2D eigenvalue weighted by molar-refractivity contribution is -0.118. The number of aryl methyl sites for hydroxylation is 1. The second kappa shape index (κ2) is 4.16. The van der Waals surface area contributed by atoms with E-state index in [1.807, 2.05) is 6.92 Å². The first-order valence-corrected chi connectivity index (χ1v) is 5.40. The maximum atomic E-state index is 13.6. The molecule has 0 radical (unpaired) electrons. The molecule has 1 aromatic rings. The average molecular weight is 219 g/mol. The van der Waals surface area contributed by atoms with Gasteiger partial charge >= 0.3 is 0 Å². The van der Waals surface area contributed by atoms with Crippen molar-refractivity contribution in [3.05, 3.63) is 35.1 Å². The van der Waals surface area contributed by atoms with Crippen LogP contribution in [0.25, 0.3) is 0 Å². The lowest BCUT2D eigenvalue weighted by Crippen LogP contribution is -2.21. The number of nitrogens with one attached hydrogen (secondary N) is 1. The topological polar surface area (TPSA) is 40.9 Å². The third-order valence-electron chi connectivity index (χ3n) is 2.97. The average Bonchev–Trinajstić information content (AvgIpc) is 2.20. The summed E-state index contributed by atoms with van der Waals surface area (Å²) in [6.07, 6.45) is 1.11. The van der Waals surface area contributed by atoms with Crippen molar-refractivity contribution in [2.75, 3.05) is 0 Å². The molecule has 2 nitrogen and oxygen atoms in total.